The highest BCUT2D eigenvalue weighted by atomic mass is 16.6. The van der Waals surface area contributed by atoms with Crippen LogP contribution >= 0.6 is 0 Å². The Morgan fingerprint density at radius 1 is 1.26 bits per heavy atom. The summed E-state index contributed by atoms with van der Waals surface area (Å²) in [5, 5.41) is 4.91. The molecule has 3 rings (SSSR count). The largest absolute Gasteiger partial charge is 0.443 e. The van der Waals surface area contributed by atoms with Crippen LogP contribution < -0.4 is 16.4 Å². The number of carbonyl (C=O) groups excluding carboxylic acids is 3. The normalized spacial score (nSPS) is 33.2. The molecule has 11 nitrogen and oxygen atoms in total. The summed E-state index contributed by atoms with van der Waals surface area (Å²) in [4.78, 5) is 37.7. The highest BCUT2D eigenvalue weighted by molar-refractivity contribution is 5.92. The number of nitrogens with one attached hydrogen (secondary N) is 2. The molecular weight excluding hydrogens is 456 g/mol. The summed E-state index contributed by atoms with van der Waals surface area (Å²) < 4.78 is 23.6. The molecule has 0 radical (unpaired) electrons. The summed E-state index contributed by atoms with van der Waals surface area (Å²) >= 11 is 0. The fourth-order valence-corrected chi connectivity index (χ4v) is 5.17. The van der Waals surface area contributed by atoms with E-state index in [1.807, 2.05) is 0 Å². The number of imide groups is 1. The zero-order valence-electron chi connectivity index (χ0n) is 21.4. The van der Waals surface area contributed by atoms with Crippen LogP contribution in [0.3, 0.4) is 0 Å². The summed E-state index contributed by atoms with van der Waals surface area (Å²) in [6.07, 6.45) is 2.59. The van der Waals surface area contributed by atoms with Crippen molar-refractivity contribution in [3.8, 4) is 0 Å². The van der Waals surface area contributed by atoms with Gasteiger partial charge in [0.15, 0.2) is 0 Å². The van der Waals surface area contributed by atoms with Crippen molar-refractivity contribution in [2.75, 3.05) is 46.9 Å². The first-order valence-corrected chi connectivity index (χ1v) is 12.2. The molecule has 3 aliphatic rings. The van der Waals surface area contributed by atoms with E-state index in [9.17, 15) is 14.4 Å². The average molecular weight is 497 g/mol. The summed E-state index contributed by atoms with van der Waals surface area (Å²) in [5.74, 6) is -0.852. The van der Waals surface area contributed by atoms with Crippen LogP contribution in [0.15, 0.2) is 11.6 Å². The third-order valence-corrected chi connectivity index (χ3v) is 7.15. The Morgan fingerprint density at radius 2 is 1.97 bits per heavy atom. The second-order valence-corrected chi connectivity index (χ2v) is 10.2. The number of allylic oxidation sites excluding steroid dienone is 1. The highest BCUT2D eigenvalue weighted by Crippen LogP contribution is 2.59. The van der Waals surface area contributed by atoms with Crippen LogP contribution in [0, 0.1) is 5.92 Å². The zero-order chi connectivity index (χ0) is 25.8. The molecule has 3 amide bonds. The topological polar surface area (TPSA) is 148 Å². The van der Waals surface area contributed by atoms with E-state index in [0.29, 0.717) is 26.1 Å². The third kappa shape index (κ3) is 6.79. The summed E-state index contributed by atoms with van der Waals surface area (Å²) in [5.41, 5.74) is 5.73. The predicted octanol–water partition coefficient (Wildman–Crippen LogP) is 0.322. The molecule has 4 N–H and O–H groups in total. The Labute approximate surface area is 207 Å². The van der Waals surface area contributed by atoms with Crippen molar-refractivity contribution in [3.63, 3.8) is 0 Å². The van der Waals surface area contributed by atoms with Crippen LogP contribution in [0.5, 0.6) is 0 Å². The molecule has 2 heterocycles. The number of alkyl carbamates (subject to hydrolysis) is 1. The maximum absolute atomic E-state index is 12.5. The van der Waals surface area contributed by atoms with Gasteiger partial charge in [-0.05, 0) is 47.1 Å². The monoisotopic (exact) mass is 496 g/mol. The Hall–Kier alpha value is -2.05. The SMILES string of the molecule is COC1C(OC(=O)NC(=O)CN(C)CCNC(=O)CN)CC[C@]2(CO2)C1C1(C)O[C@@H]1CC=C(C)C. The van der Waals surface area contributed by atoms with Crippen LogP contribution in [0.25, 0.3) is 0 Å². The van der Waals surface area contributed by atoms with Crippen molar-refractivity contribution < 1.29 is 33.3 Å². The minimum absolute atomic E-state index is 0.0243. The van der Waals surface area contributed by atoms with E-state index in [4.69, 9.17) is 24.7 Å². The van der Waals surface area contributed by atoms with E-state index < -0.39 is 29.8 Å². The number of methoxy groups -OCH3 is 1. The van der Waals surface area contributed by atoms with Gasteiger partial charge in [0.2, 0.25) is 11.8 Å². The van der Waals surface area contributed by atoms with E-state index in [0.717, 1.165) is 12.8 Å². The fourth-order valence-electron chi connectivity index (χ4n) is 5.17. The van der Waals surface area contributed by atoms with Crippen LogP contribution in [0.2, 0.25) is 0 Å². The fraction of sp³-hybridized carbons (Fsp3) is 0.792. The van der Waals surface area contributed by atoms with Gasteiger partial charge in [0.1, 0.15) is 23.4 Å². The van der Waals surface area contributed by atoms with E-state index in [-0.39, 0.29) is 36.6 Å². The van der Waals surface area contributed by atoms with Crippen LogP contribution in [0.4, 0.5) is 4.79 Å². The van der Waals surface area contributed by atoms with E-state index in [2.05, 4.69) is 37.5 Å². The molecule has 1 aliphatic carbocycles. The van der Waals surface area contributed by atoms with Gasteiger partial charge in [0, 0.05) is 20.2 Å². The lowest BCUT2D eigenvalue weighted by atomic mass is 9.68. The van der Waals surface area contributed by atoms with E-state index in [1.165, 1.54) is 5.57 Å². The highest BCUT2D eigenvalue weighted by Gasteiger charge is 2.72. The Kier molecular flexibility index (Phi) is 8.92. The number of amides is 3. The molecule has 0 aromatic heterocycles. The molecule has 0 aromatic rings. The van der Waals surface area contributed by atoms with Crippen LogP contribution in [0.1, 0.15) is 40.0 Å². The Balaban J connectivity index is 1.53. The number of hydrogen-bond acceptors (Lipinski definition) is 9. The summed E-state index contributed by atoms with van der Waals surface area (Å²) in [7, 11) is 3.32. The first-order valence-electron chi connectivity index (χ1n) is 12.2. The van der Waals surface area contributed by atoms with Gasteiger partial charge in [0.05, 0.1) is 31.7 Å². The average Bonchev–Trinajstić information content (AvgIpc) is 3.70. The number of likely N-dealkylation sites (N-methyl/N-ethyl adjacent to an activating group) is 1. The van der Waals surface area contributed by atoms with Gasteiger partial charge < -0.3 is 30.0 Å². The smallest absolute Gasteiger partial charge is 0.414 e. The van der Waals surface area contributed by atoms with Gasteiger partial charge in [-0.25, -0.2) is 4.79 Å². The van der Waals surface area contributed by atoms with Gasteiger partial charge >= 0.3 is 6.09 Å². The van der Waals surface area contributed by atoms with Gasteiger partial charge in [0.25, 0.3) is 0 Å². The molecule has 1 spiro atoms. The van der Waals surface area contributed by atoms with E-state index >= 15 is 0 Å². The molecule has 6 atom stereocenters. The lowest BCUT2D eigenvalue weighted by molar-refractivity contribution is -0.126. The molecule has 2 aliphatic heterocycles. The van der Waals surface area contributed by atoms with Crippen molar-refractivity contribution in [3.05, 3.63) is 11.6 Å². The standard InChI is InChI=1S/C24H40N4O7/c1-15(2)6-7-17-23(3,35-17)21-20(32-5)16(8-9-24(21)14-33-24)34-22(31)27-19(30)13-28(4)11-10-26-18(29)12-25/h6,16-17,20-21H,7-14,25H2,1-5H3,(H,26,29)(H,27,30,31)/t16?,17-,20?,21?,23?,24+/m1/s1. The van der Waals surface area contributed by atoms with Gasteiger partial charge in [-0.15, -0.1) is 0 Å². The number of ether oxygens (including phenoxy) is 4. The first-order chi connectivity index (χ1) is 16.5. The van der Waals surface area contributed by atoms with Crippen LogP contribution in [-0.4, -0.2) is 99.3 Å². The number of epoxide rings is 2. The van der Waals surface area contributed by atoms with Gasteiger partial charge in [-0.2, -0.15) is 0 Å². The van der Waals surface area contributed by atoms with Crippen molar-refractivity contribution in [2.45, 2.75) is 69.5 Å². The quantitative estimate of drug-likeness (QED) is 0.272. The molecule has 35 heavy (non-hydrogen) atoms. The number of carbonyl (C=O) groups is 3. The molecule has 0 bridgehead atoms. The molecule has 3 fully saturated rings. The van der Waals surface area contributed by atoms with Crippen molar-refractivity contribution in [1.29, 1.82) is 0 Å². The Morgan fingerprint density at radius 3 is 2.57 bits per heavy atom. The lowest BCUT2D eigenvalue weighted by Gasteiger charge is -2.42. The van der Waals surface area contributed by atoms with Crippen molar-refractivity contribution >= 4 is 17.9 Å². The summed E-state index contributed by atoms with van der Waals surface area (Å²) in [6, 6.07) is 0. The second-order valence-electron chi connectivity index (χ2n) is 10.2. The number of rotatable bonds is 11. The van der Waals surface area contributed by atoms with Crippen molar-refractivity contribution in [1.82, 2.24) is 15.5 Å². The minimum Gasteiger partial charge on any atom is -0.443 e. The first kappa shape index (κ1) is 27.5. The molecule has 1 saturated carbocycles. The Bertz CT molecular complexity index is 827. The van der Waals surface area contributed by atoms with E-state index in [1.54, 1.807) is 19.1 Å². The second kappa shape index (κ2) is 11.3. The lowest BCUT2D eigenvalue weighted by Crippen LogP contribution is -2.56. The van der Waals surface area contributed by atoms with Crippen molar-refractivity contribution in [2.24, 2.45) is 11.7 Å². The molecule has 0 aromatic carbocycles. The number of nitrogens with two attached hydrogens (primary N) is 1. The van der Waals surface area contributed by atoms with Gasteiger partial charge in [-0.3, -0.25) is 19.8 Å². The molecular formula is C24H40N4O7. The molecule has 198 valence electrons. The number of hydrogen-bond donors (Lipinski definition) is 3. The number of nitrogens with zero attached hydrogens (tertiary/aromatic N) is 1. The maximum Gasteiger partial charge on any atom is 0.414 e. The molecule has 11 heteroatoms. The van der Waals surface area contributed by atoms with Crippen LogP contribution in [-0.2, 0) is 28.5 Å². The summed E-state index contributed by atoms with van der Waals surface area (Å²) in [6.45, 7) is 7.51. The minimum atomic E-state index is -0.804. The van der Waals surface area contributed by atoms with Gasteiger partial charge in [-0.1, -0.05) is 11.6 Å². The predicted molar refractivity (Wildman–Crippen MR) is 128 cm³/mol. The molecule has 4 unspecified atom stereocenters. The maximum atomic E-state index is 12.5. The molecule has 2 saturated heterocycles. The third-order valence-electron chi connectivity index (χ3n) is 7.15. The zero-order valence-corrected chi connectivity index (χ0v) is 21.4.